The summed E-state index contributed by atoms with van der Waals surface area (Å²) in [7, 11) is 0. The van der Waals surface area contributed by atoms with Gasteiger partial charge in [0, 0.05) is 56.1 Å². The standard InChI is InChI=1S/C21H25N7O/c1-3-16(13-20-22-6-2-7-23-20)15-28(8-1)21-18-5-4-17(14-19(18)24-26-25-21)27-9-11-29-12-10-27/h2,4-7,14,16H,1,3,8-13,15H2. The third-order valence-electron chi connectivity index (χ3n) is 5.80. The van der Waals surface area contributed by atoms with Crippen LogP contribution in [0.3, 0.4) is 0 Å². The number of nitrogens with zero attached hydrogens (tertiary/aromatic N) is 7. The molecule has 150 valence electrons. The van der Waals surface area contributed by atoms with Gasteiger partial charge in [0.2, 0.25) is 0 Å². The Labute approximate surface area is 169 Å². The molecule has 2 fully saturated rings. The second kappa shape index (κ2) is 8.24. The van der Waals surface area contributed by atoms with Gasteiger partial charge in [0.25, 0.3) is 0 Å². The van der Waals surface area contributed by atoms with Crippen molar-refractivity contribution in [1.82, 2.24) is 25.4 Å². The van der Waals surface area contributed by atoms with Crippen LogP contribution in [0.25, 0.3) is 10.9 Å². The SMILES string of the molecule is c1cnc(CC2CCCN(c3nnnc4cc(N5CCOCC5)ccc34)C2)nc1. The summed E-state index contributed by atoms with van der Waals surface area (Å²) in [5, 5.41) is 13.9. The van der Waals surface area contributed by atoms with Crippen molar-refractivity contribution in [2.24, 2.45) is 5.92 Å². The van der Waals surface area contributed by atoms with E-state index < -0.39 is 0 Å². The zero-order valence-electron chi connectivity index (χ0n) is 16.4. The first kappa shape index (κ1) is 18.2. The van der Waals surface area contributed by atoms with Gasteiger partial charge in [0.1, 0.15) is 11.3 Å². The van der Waals surface area contributed by atoms with E-state index >= 15 is 0 Å². The van der Waals surface area contributed by atoms with Gasteiger partial charge in [-0.2, -0.15) is 0 Å². The molecule has 1 aromatic carbocycles. The first-order valence-corrected chi connectivity index (χ1v) is 10.3. The Morgan fingerprint density at radius 3 is 2.72 bits per heavy atom. The highest BCUT2D eigenvalue weighted by Crippen LogP contribution is 2.30. The van der Waals surface area contributed by atoms with Crippen molar-refractivity contribution in [3.8, 4) is 0 Å². The Balaban J connectivity index is 1.37. The van der Waals surface area contributed by atoms with Crippen LogP contribution >= 0.6 is 0 Å². The van der Waals surface area contributed by atoms with Gasteiger partial charge in [-0.3, -0.25) is 0 Å². The maximum absolute atomic E-state index is 5.46. The summed E-state index contributed by atoms with van der Waals surface area (Å²) in [4.78, 5) is 13.5. The summed E-state index contributed by atoms with van der Waals surface area (Å²) in [6, 6.07) is 8.29. The molecule has 0 saturated carbocycles. The molecule has 8 nitrogen and oxygen atoms in total. The number of benzene rings is 1. The summed E-state index contributed by atoms with van der Waals surface area (Å²) in [5.41, 5.74) is 2.07. The Kier molecular flexibility index (Phi) is 5.17. The molecule has 2 aliphatic rings. The number of rotatable bonds is 4. The molecule has 0 N–H and O–H groups in total. The minimum atomic E-state index is 0.517. The Hall–Kier alpha value is -2.87. The van der Waals surface area contributed by atoms with Crippen molar-refractivity contribution in [3.05, 3.63) is 42.5 Å². The summed E-state index contributed by atoms with van der Waals surface area (Å²) in [5.74, 6) is 2.37. The highest BCUT2D eigenvalue weighted by molar-refractivity contribution is 5.91. The van der Waals surface area contributed by atoms with Crippen LogP contribution in [-0.2, 0) is 11.2 Å². The lowest BCUT2D eigenvalue weighted by Gasteiger charge is -2.33. The van der Waals surface area contributed by atoms with E-state index in [1.807, 2.05) is 18.5 Å². The van der Waals surface area contributed by atoms with Gasteiger partial charge in [0.15, 0.2) is 5.82 Å². The lowest BCUT2D eigenvalue weighted by Crippen LogP contribution is -2.37. The van der Waals surface area contributed by atoms with E-state index in [-0.39, 0.29) is 0 Å². The molecule has 2 saturated heterocycles. The third-order valence-corrected chi connectivity index (χ3v) is 5.80. The lowest BCUT2D eigenvalue weighted by atomic mass is 9.94. The van der Waals surface area contributed by atoms with Crippen LogP contribution < -0.4 is 9.80 Å². The molecule has 8 heteroatoms. The largest absolute Gasteiger partial charge is 0.378 e. The Morgan fingerprint density at radius 2 is 1.86 bits per heavy atom. The second-order valence-corrected chi connectivity index (χ2v) is 7.74. The molecule has 0 radical (unpaired) electrons. The van der Waals surface area contributed by atoms with Gasteiger partial charge in [-0.25, -0.2) is 9.97 Å². The van der Waals surface area contributed by atoms with E-state index in [9.17, 15) is 0 Å². The second-order valence-electron chi connectivity index (χ2n) is 7.74. The molecular weight excluding hydrogens is 366 g/mol. The maximum atomic E-state index is 5.46. The number of fused-ring (bicyclic) bond motifs is 1. The lowest BCUT2D eigenvalue weighted by molar-refractivity contribution is 0.122. The summed E-state index contributed by atoms with van der Waals surface area (Å²) >= 11 is 0. The molecule has 4 heterocycles. The average Bonchev–Trinajstić information content (AvgIpc) is 2.80. The van der Waals surface area contributed by atoms with Crippen molar-refractivity contribution in [2.45, 2.75) is 19.3 Å². The minimum absolute atomic E-state index is 0.517. The van der Waals surface area contributed by atoms with Crippen molar-refractivity contribution in [2.75, 3.05) is 49.2 Å². The molecule has 5 rings (SSSR count). The zero-order chi connectivity index (χ0) is 19.5. The number of piperidine rings is 1. The van der Waals surface area contributed by atoms with Gasteiger partial charge < -0.3 is 14.5 Å². The third kappa shape index (κ3) is 3.98. The van der Waals surface area contributed by atoms with E-state index in [0.29, 0.717) is 5.92 Å². The van der Waals surface area contributed by atoms with E-state index in [0.717, 1.165) is 74.8 Å². The molecule has 1 unspecified atom stereocenters. The monoisotopic (exact) mass is 391 g/mol. The number of aromatic nitrogens is 5. The molecule has 0 amide bonds. The van der Waals surface area contributed by atoms with Crippen molar-refractivity contribution in [1.29, 1.82) is 0 Å². The first-order chi connectivity index (χ1) is 14.4. The number of morpholine rings is 1. The summed E-state index contributed by atoms with van der Waals surface area (Å²) < 4.78 is 5.46. The van der Waals surface area contributed by atoms with Crippen LogP contribution in [0.1, 0.15) is 18.7 Å². The number of hydrogen-bond acceptors (Lipinski definition) is 8. The van der Waals surface area contributed by atoms with Crippen LogP contribution in [0.2, 0.25) is 0 Å². The van der Waals surface area contributed by atoms with Gasteiger partial charge >= 0.3 is 0 Å². The molecule has 0 aliphatic carbocycles. The van der Waals surface area contributed by atoms with E-state index in [1.54, 1.807) is 0 Å². The van der Waals surface area contributed by atoms with Crippen LogP contribution in [-0.4, -0.2) is 64.8 Å². The van der Waals surface area contributed by atoms with Gasteiger partial charge in [0.05, 0.1) is 13.2 Å². The fourth-order valence-corrected chi connectivity index (χ4v) is 4.33. The van der Waals surface area contributed by atoms with Gasteiger partial charge in [-0.05, 0) is 48.2 Å². The van der Waals surface area contributed by atoms with E-state index in [1.165, 1.54) is 12.1 Å². The Bertz CT molecular complexity index is 962. The van der Waals surface area contributed by atoms with Gasteiger partial charge in [-0.15, -0.1) is 10.2 Å². The molecule has 29 heavy (non-hydrogen) atoms. The fraction of sp³-hybridized carbons (Fsp3) is 0.476. The average molecular weight is 391 g/mol. The predicted octanol–water partition coefficient (Wildman–Crippen LogP) is 2.11. The van der Waals surface area contributed by atoms with Gasteiger partial charge in [-0.1, -0.05) is 0 Å². The molecule has 2 aliphatic heterocycles. The molecule has 0 bridgehead atoms. The highest BCUT2D eigenvalue weighted by atomic mass is 16.5. The fourth-order valence-electron chi connectivity index (χ4n) is 4.33. The Morgan fingerprint density at radius 1 is 1.00 bits per heavy atom. The zero-order valence-corrected chi connectivity index (χ0v) is 16.4. The number of hydrogen-bond donors (Lipinski definition) is 0. The normalized spacial score (nSPS) is 20.2. The topological polar surface area (TPSA) is 80.2 Å². The predicted molar refractivity (Wildman–Crippen MR) is 111 cm³/mol. The molecular formula is C21H25N7O. The maximum Gasteiger partial charge on any atom is 0.162 e. The quantitative estimate of drug-likeness (QED) is 0.669. The van der Waals surface area contributed by atoms with Crippen molar-refractivity contribution < 1.29 is 4.74 Å². The smallest absolute Gasteiger partial charge is 0.162 e. The highest BCUT2D eigenvalue weighted by Gasteiger charge is 2.24. The summed E-state index contributed by atoms with van der Waals surface area (Å²) in [6.07, 6.45) is 6.85. The summed E-state index contributed by atoms with van der Waals surface area (Å²) in [6.45, 7) is 5.29. The number of ether oxygens (including phenoxy) is 1. The molecule has 1 atom stereocenters. The molecule has 0 spiro atoms. The molecule has 2 aromatic heterocycles. The molecule has 3 aromatic rings. The van der Waals surface area contributed by atoms with Crippen LogP contribution in [0, 0.1) is 5.92 Å². The van der Waals surface area contributed by atoms with Crippen LogP contribution in [0.15, 0.2) is 36.7 Å². The first-order valence-electron chi connectivity index (χ1n) is 10.3. The van der Waals surface area contributed by atoms with Crippen LogP contribution in [0.4, 0.5) is 11.5 Å². The van der Waals surface area contributed by atoms with Crippen molar-refractivity contribution in [3.63, 3.8) is 0 Å². The van der Waals surface area contributed by atoms with E-state index in [2.05, 4.69) is 53.4 Å². The van der Waals surface area contributed by atoms with E-state index in [4.69, 9.17) is 4.74 Å². The minimum Gasteiger partial charge on any atom is -0.378 e. The number of anilines is 2. The van der Waals surface area contributed by atoms with Crippen molar-refractivity contribution >= 4 is 22.4 Å². The van der Waals surface area contributed by atoms with Crippen LogP contribution in [0.5, 0.6) is 0 Å².